The molecule has 0 radical (unpaired) electrons. The minimum atomic E-state index is 0.610. The lowest BCUT2D eigenvalue weighted by atomic mass is 10.2. The molecule has 2 aromatic rings. The summed E-state index contributed by atoms with van der Waals surface area (Å²) in [5, 5.41) is 0.666. The minimum absolute atomic E-state index is 0.610. The molecule has 19 heavy (non-hydrogen) atoms. The van der Waals surface area contributed by atoms with Crippen LogP contribution in [0.15, 0.2) is 51.9 Å². The third-order valence-corrected chi connectivity index (χ3v) is 3.16. The fourth-order valence-electron chi connectivity index (χ4n) is 1.61. The summed E-state index contributed by atoms with van der Waals surface area (Å²) in [6.45, 7) is 2.56. The zero-order valence-corrected chi connectivity index (χ0v) is 12.8. The van der Waals surface area contributed by atoms with Crippen molar-refractivity contribution in [2.45, 2.75) is 6.92 Å². The molecule has 2 rings (SSSR count). The summed E-state index contributed by atoms with van der Waals surface area (Å²) in [6, 6.07) is 13.3. The molecular weight excluding hydrogens is 326 g/mol. The fraction of sp³-hybridized carbons (Fsp3) is 0.133. The van der Waals surface area contributed by atoms with Gasteiger partial charge in [-0.05, 0) is 43.3 Å². The van der Waals surface area contributed by atoms with Gasteiger partial charge in [0.2, 0.25) is 0 Å². The standard InChI is InChI=1S/C15H13BrClNO/c1-2-19-15-7-6-13(17)8-11(15)10-18-14-5-3-4-12(16)9-14/h3-10H,2H2,1H3. The smallest absolute Gasteiger partial charge is 0.128 e. The molecule has 2 nitrogen and oxygen atoms in total. The van der Waals surface area contributed by atoms with E-state index in [1.807, 2.05) is 49.4 Å². The van der Waals surface area contributed by atoms with Crippen LogP contribution in [0.4, 0.5) is 5.69 Å². The summed E-state index contributed by atoms with van der Waals surface area (Å²) in [6.07, 6.45) is 1.76. The van der Waals surface area contributed by atoms with Crippen LogP contribution in [0, 0.1) is 0 Å². The zero-order chi connectivity index (χ0) is 13.7. The molecule has 0 saturated carbocycles. The molecule has 0 N–H and O–H groups in total. The van der Waals surface area contributed by atoms with E-state index in [4.69, 9.17) is 16.3 Å². The fourth-order valence-corrected chi connectivity index (χ4v) is 2.18. The number of hydrogen-bond donors (Lipinski definition) is 0. The van der Waals surface area contributed by atoms with Crippen molar-refractivity contribution in [3.63, 3.8) is 0 Å². The maximum Gasteiger partial charge on any atom is 0.128 e. The van der Waals surface area contributed by atoms with Crippen LogP contribution in [0.3, 0.4) is 0 Å². The van der Waals surface area contributed by atoms with Crippen LogP contribution in [-0.2, 0) is 0 Å². The predicted molar refractivity (Wildman–Crippen MR) is 84.0 cm³/mol. The van der Waals surface area contributed by atoms with Gasteiger partial charge in [0.15, 0.2) is 0 Å². The van der Waals surface area contributed by atoms with Crippen molar-refractivity contribution in [2.75, 3.05) is 6.61 Å². The highest BCUT2D eigenvalue weighted by Crippen LogP contribution is 2.23. The molecule has 0 aliphatic rings. The van der Waals surface area contributed by atoms with Crippen molar-refractivity contribution >= 4 is 39.4 Å². The molecule has 0 aliphatic carbocycles. The highest BCUT2D eigenvalue weighted by Gasteiger charge is 2.02. The van der Waals surface area contributed by atoms with E-state index in [1.54, 1.807) is 6.21 Å². The van der Waals surface area contributed by atoms with Crippen molar-refractivity contribution in [1.82, 2.24) is 0 Å². The molecule has 0 aromatic heterocycles. The van der Waals surface area contributed by atoms with E-state index >= 15 is 0 Å². The molecule has 0 saturated heterocycles. The predicted octanol–water partition coefficient (Wildman–Crippen LogP) is 5.25. The number of nitrogens with zero attached hydrogens (tertiary/aromatic N) is 1. The van der Waals surface area contributed by atoms with E-state index in [2.05, 4.69) is 20.9 Å². The lowest BCUT2D eigenvalue weighted by Gasteiger charge is -2.06. The second-order valence-electron chi connectivity index (χ2n) is 3.85. The highest BCUT2D eigenvalue weighted by atomic mass is 79.9. The van der Waals surface area contributed by atoms with E-state index in [-0.39, 0.29) is 0 Å². The molecular formula is C15H13BrClNO. The van der Waals surface area contributed by atoms with Gasteiger partial charge in [0.25, 0.3) is 0 Å². The van der Waals surface area contributed by atoms with Gasteiger partial charge in [0.05, 0.1) is 12.3 Å². The molecule has 0 aliphatic heterocycles. The minimum Gasteiger partial charge on any atom is -0.493 e. The average Bonchev–Trinajstić information content (AvgIpc) is 2.39. The second-order valence-corrected chi connectivity index (χ2v) is 5.21. The molecule has 0 bridgehead atoms. The Balaban J connectivity index is 2.29. The lowest BCUT2D eigenvalue weighted by Crippen LogP contribution is -1.95. The van der Waals surface area contributed by atoms with E-state index in [9.17, 15) is 0 Å². The van der Waals surface area contributed by atoms with Gasteiger partial charge in [-0.1, -0.05) is 33.6 Å². The number of rotatable bonds is 4. The first-order valence-electron chi connectivity index (χ1n) is 5.91. The SMILES string of the molecule is CCOc1ccc(Cl)cc1C=Nc1cccc(Br)c1. The summed E-state index contributed by atoms with van der Waals surface area (Å²) < 4.78 is 6.54. The third-order valence-electron chi connectivity index (χ3n) is 2.43. The number of halogens is 2. The number of ether oxygens (including phenoxy) is 1. The van der Waals surface area contributed by atoms with Crippen LogP contribution >= 0.6 is 27.5 Å². The van der Waals surface area contributed by atoms with Crippen LogP contribution in [-0.4, -0.2) is 12.8 Å². The Morgan fingerprint density at radius 3 is 2.84 bits per heavy atom. The van der Waals surface area contributed by atoms with Crippen molar-refractivity contribution in [1.29, 1.82) is 0 Å². The first-order chi connectivity index (χ1) is 9.19. The Bertz CT molecular complexity index is 598. The van der Waals surface area contributed by atoms with Gasteiger partial charge in [0, 0.05) is 21.3 Å². The van der Waals surface area contributed by atoms with Gasteiger partial charge in [-0.3, -0.25) is 4.99 Å². The molecule has 0 fully saturated rings. The van der Waals surface area contributed by atoms with Crippen molar-refractivity contribution < 1.29 is 4.74 Å². The van der Waals surface area contributed by atoms with Crippen molar-refractivity contribution in [3.8, 4) is 5.75 Å². The Kier molecular flexibility index (Phi) is 5.00. The van der Waals surface area contributed by atoms with Crippen molar-refractivity contribution in [2.24, 2.45) is 4.99 Å². The van der Waals surface area contributed by atoms with Gasteiger partial charge in [-0.15, -0.1) is 0 Å². The van der Waals surface area contributed by atoms with Crippen LogP contribution in [0.5, 0.6) is 5.75 Å². The first kappa shape index (κ1) is 14.1. The van der Waals surface area contributed by atoms with E-state index in [0.29, 0.717) is 11.6 Å². The monoisotopic (exact) mass is 337 g/mol. The Hall–Kier alpha value is -1.32. The van der Waals surface area contributed by atoms with Gasteiger partial charge < -0.3 is 4.74 Å². The zero-order valence-electron chi connectivity index (χ0n) is 10.4. The van der Waals surface area contributed by atoms with Crippen LogP contribution in [0.1, 0.15) is 12.5 Å². The highest BCUT2D eigenvalue weighted by molar-refractivity contribution is 9.10. The molecule has 0 unspecified atom stereocenters. The van der Waals surface area contributed by atoms with Crippen LogP contribution < -0.4 is 4.74 Å². The summed E-state index contributed by atoms with van der Waals surface area (Å²) in [5.41, 5.74) is 1.74. The summed E-state index contributed by atoms with van der Waals surface area (Å²) in [7, 11) is 0. The van der Waals surface area contributed by atoms with E-state index < -0.39 is 0 Å². The maximum atomic E-state index is 6.00. The lowest BCUT2D eigenvalue weighted by molar-refractivity contribution is 0.340. The molecule has 4 heteroatoms. The van der Waals surface area contributed by atoms with Gasteiger partial charge >= 0.3 is 0 Å². The van der Waals surface area contributed by atoms with Gasteiger partial charge in [-0.2, -0.15) is 0 Å². The van der Waals surface area contributed by atoms with Crippen LogP contribution in [0.2, 0.25) is 5.02 Å². The van der Waals surface area contributed by atoms with Gasteiger partial charge in [-0.25, -0.2) is 0 Å². The Morgan fingerprint density at radius 2 is 2.11 bits per heavy atom. The normalized spacial score (nSPS) is 10.9. The quantitative estimate of drug-likeness (QED) is 0.698. The van der Waals surface area contributed by atoms with E-state index in [1.165, 1.54) is 0 Å². The maximum absolute atomic E-state index is 6.00. The molecule has 0 atom stereocenters. The van der Waals surface area contributed by atoms with Crippen molar-refractivity contribution in [3.05, 3.63) is 57.5 Å². The third kappa shape index (κ3) is 4.08. The molecule has 0 heterocycles. The molecule has 2 aromatic carbocycles. The summed E-state index contributed by atoms with van der Waals surface area (Å²) in [5.74, 6) is 0.783. The number of hydrogen-bond acceptors (Lipinski definition) is 2. The Morgan fingerprint density at radius 1 is 1.26 bits per heavy atom. The number of aliphatic imine (C=N–C) groups is 1. The molecule has 98 valence electrons. The average molecular weight is 339 g/mol. The summed E-state index contributed by atoms with van der Waals surface area (Å²) >= 11 is 9.42. The first-order valence-corrected chi connectivity index (χ1v) is 7.08. The Labute approximate surface area is 126 Å². The van der Waals surface area contributed by atoms with Crippen LogP contribution in [0.25, 0.3) is 0 Å². The summed E-state index contributed by atoms with van der Waals surface area (Å²) in [4.78, 5) is 4.43. The topological polar surface area (TPSA) is 21.6 Å². The number of benzene rings is 2. The molecule has 0 amide bonds. The second kappa shape index (κ2) is 6.73. The van der Waals surface area contributed by atoms with E-state index in [0.717, 1.165) is 21.5 Å². The van der Waals surface area contributed by atoms with Gasteiger partial charge in [0.1, 0.15) is 5.75 Å². The molecule has 0 spiro atoms. The largest absolute Gasteiger partial charge is 0.493 e.